The third-order valence-corrected chi connectivity index (χ3v) is 14.8. The molecule has 2 saturated carbocycles. The number of aromatic nitrogens is 6. The molecule has 0 bridgehead atoms. The van der Waals surface area contributed by atoms with Crippen LogP contribution in [0.3, 0.4) is 0 Å². The van der Waals surface area contributed by atoms with Crippen molar-refractivity contribution in [2.24, 2.45) is 21.8 Å². The number of hydroxylamine groups is 4. The first-order valence-electron chi connectivity index (χ1n) is 27.1. The molecule has 4 fully saturated rings. The highest BCUT2D eigenvalue weighted by Crippen LogP contribution is 2.46. The molecule has 18 heteroatoms. The van der Waals surface area contributed by atoms with Gasteiger partial charge in [0.25, 0.3) is 11.9 Å². The van der Waals surface area contributed by atoms with Gasteiger partial charge in [-0.2, -0.15) is 40.0 Å². The largest absolute Gasteiger partial charge is 0.354 e. The Hall–Kier alpha value is -4.18. The molecule has 4 aliphatic rings. The molecule has 2 aliphatic carbocycles. The molecule has 0 radical (unpaired) electrons. The van der Waals surface area contributed by atoms with Gasteiger partial charge >= 0.3 is 0 Å². The number of nitrogens with one attached hydrogen (secondary N) is 4. The van der Waals surface area contributed by atoms with Gasteiger partial charge in [0.1, 0.15) is 0 Å². The number of nitrogens with zero attached hydrogens (tertiary/aromatic N) is 10. The monoisotopic (exact) mass is 973 g/mol. The number of carbonyl (C=O) groups excluding carboxylic acids is 2. The summed E-state index contributed by atoms with van der Waals surface area (Å²) in [4.78, 5) is 69.3. The quantitative estimate of drug-likeness (QED) is 0.0373. The van der Waals surface area contributed by atoms with Crippen LogP contribution in [0.15, 0.2) is 9.98 Å². The summed E-state index contributed by atoms with van der Waals surface area (Å²) in [6.07, 6.45) is 30.9. The molecule has 0 amide bonds. The summed E-state index contributed by atoms with van der Waals surface area (Å²) in [5.41, 5.74) is -0.0489. The van der Waals surface area contributed by atoms with Crippen LogP contribution in [0, 0.1) is 11.8 Å². The predicted molar refractivity (Wildman–Crippen MR) is 277 cm³/mol. The molecule has 0 atom stereocenters. The first-order chi connectivity index (χ1) is 33.5. The highest BCUT2D eigenvalue weighted by molar-refractivity contribution is 5.47. The Labute approximate surface area is 419 Å². The normalized spacial score (nSPS) is 21.1. The molecule has 4 N–H and O–H groups in total. The van der Waals surface area contributed by atoms with E-state index in [0.29, 0.717) is 74.0 Å². The molecule has 2 aromatic rings. The Morgan fingerprint density at radius 1 is 0.457 bits per heavy atom. The molecule has 390 valence electrons. The maximum atomic E-state index is 11.1. The number of aliphatic imine (C=N–C) groups is 2. The molecule has 0 aromatic carbocycles. The summed E-state index contributed by atoms with van der Waals surface area (Å²) in [7, 11) is 0. The van der Waals surface area contributed by atoms with E-state index in [-0.39, 0.29) is 34.1 Å². The Balaban J connectivity index is 0.847. The zero-order valence-electron chi connectivity index (χ0n) is 44.2. The second-order valence-electron chi connectivity index (χ2n) is 23.2. The number of hydrogen-bond acceptors (Lipinski definition) is 18. The van der Waals surface area contributed by atoms with E-state index in [1.807, 2.05) is 0 Å². The number of anilines is 4. The SMILES string of the molecule is CC1(C)CC(CCCCNc2nc(N=C=O)nc(NCCCCCCNc3nc(N=C=O)nc(NCCCCC4CC(C)(C)N(OC5CCCCC5)C(C)(C)C4)n3)n2)CC(C)(C)N1OC1CCCCC1. The minimum atomic E-state index is -0.0122. The summed E-state index contributed by atoms with van der Waals surface area (Å²) >= 11 is 0. The summed E-state index contributed by atoms with van der Waals surface area (Å²) in [5.74, 6) is 2.86. The van der Waals surface area contributed by atoms with Gasteiger partial charge in [0.05, 0.1) is 12.2 Å². The van der Waals surface area contributed by atoms with Crippen molar-refractivity contribution < 1.29 is 19.3 Å². The van der Waals surface area contributed by atoms with Crippen LogP contribution in [0.2, 0.25) is 0 Å². The van der Waals surface area contributed by atoms with Gasteiger partial charge in [0, 0.05) is 48.3 Å². The number of unbranched alkanes of at least 4 members (excludes halogenated alkanes) is 5. The van der Waals surface area contributed by atoms with Gasteiger partial charge in [-0.15, -0.1) is 9.98 Å². The average Bonchev–Trinajstić information content (AvgIpc) is 3.30. The van der Waals surface area contributed by atoms with Gasteiger partial charge in [-0.1, -0.05) is 77.0 Å². The van der Waals surface area contributed by atoms with Crippen molar-refractivity contribution >= 4 is 47.8 Å². The molecule has 18 nitrogen and oxygen atoms in total. The average molecular weight is 973 g/mol. The second kappa shape index (κ2) is 26.5. The topological polar surface area (TPSA) is 209 Å². The van der Waals surface area contributed by atoms with Crippen LogP contribution in [0.5, 0.6) is 0 Å². The van der Waals surface area contributed by atoms with Crippen molar-refractivity contribution in [1.29, 1.82) is 0 Å². The van der Waals surface area contributed by atoms with Crippen LogP contribution in [0.4, 0.5) is 35.7 Å². The van der Waals surface area contributed by atoms with Crippen LogP contribution >= 0.6 is 0 Å². The van der Waals surface area contributed by atoms with Crippen LogP contribution in [-0.2, 0) is 19.3 Å². The molecule has 0 unspecified atom stereocenters. The van der Waals surface area contributed by atoms with Crippen molar-refractivity contribution in [2.45, 2.75) is 244 Å². The zero-order valence-corrected chi connectivity index (χ0v) is 44.2. The smallest absolute Gasteiger partial charge is 0.267 e. The summed E-state index contributed by atoms with van der Waals surface area (Å²) in [5, 5.41) is 17.9. The third kappa shape index (κ3) is 17.3. The standard InChI is InChI=1S/C52H88N14O4/c1-49(2)33-39(34-50(3,4)65(49)69-41-25-13-11-14-26-41)23-17-21-31-55-45-59-43(61-47(63-45)57-37-67)53-29-19-9-10-20-30-54-44-60-46(64-48(62-44)58-38-68)56-32-22-18-24-40-35-51(5,6)66(52(7,8)36-40)70-42-27-15-12-16-28-42/h39-42H,9-36H2,1-8H3,(H2,53,55,59,61,63)(H2,54,56,60,62,64). The summed E-state index contributed by atoms with van der Waals surface area (Å²) in [6, 6.07) is 0. The van der Waals surface area contributed by atoms with Gasteiger partial charge in [-0.25, -0.2) is 9.59 Å². The Bertz CT molecular complexity index is 1830. The van der Waals surface area contributed by atoms with Crippen molar-refractivity contribution in [3.63, 3.8) is 0 Å². The number of rotatable bonds is 27. The van der Waals surface area contributed by atoms with E-state index in [1.54, 1.807) is 12.2 Å². The maximum Gasteiger partial charge on any atom is 0.267 e. The highest BCUT2D eigenvalue weighted by atomic mass is 16.7. The van der Waals surface area contributed by atoms with Gasteiger partial charge in [0.15, 0.2) is 0 Å². The van der Waals surface area contributed by atoms with Gasteiger partial charge in [-0.05, 0) is 144 Å². The molecule has 2 aliphatic heterocycles. The molecular formula is C52H88N14O4. The molecule has 6 rings (SSSR count). The molecule has 0 spiro atoms. The van der Waals surface area contributed by atoms with Crippen molar-refractivity contribution in [1.82, 2.24) is 40.0 Å². The van der Waals surface area contributed by atoms with E-state index in [2.05, 4.69) is 127 Å². The Morgan fingerprint density at radius 2 is 0.757 bits per heavy atom. The van der Waals surface area contributed by atoms with E-state index in [0.717, 1.165) is 89.9 Å². The summed E-state index contributed by atoms with van der Waals surface area (Å²) in [6.45, 7) is 21.4. The van der Waals surface area contributed by atoms with E-state index < -0.39 is 0 Å². The second-order valence-corrected chi connectivity index (χ2v) is 23.2. The molecule has 2 aromatic heterocycles. The molecule has 2 saturated heterocycles. The minimum Gasteiger partial charge on any atom is -0.354 e. The van der Waals surface area contributed by atoms with Crippen molar-refractivity contribution in [2.75, 3.05) is 47.4 Å². The molecule has 70 heavy (non-hydrogen) atoms. The highest BCUT2D eigenvalue weighted by Gasteiger charge is 2.48. The van der Waals surface area contributed by atoms with Crippen LogP contribution < -0.4 is 21.3 Å². The van der Waals surface area contributed by atoms with E-state index in [1.165, 1.54) is 64.2 Å². The van der Waals surface area contributed by atoms with Crippen LogP contribution in [0.1, 0.15) is 209 Å². The van der Waals surface area contributed by atoms with Crippen molar-refractivity contribution in [3.8, 4) is 0 Å². The Morgan fingerprint density at radius 3 is 1.06 bits per heavy atom. The van der Waals surface area contributed by atoms with E-state index in [4.69, 9.17) is 9.68 Å². The van der Waals surface area contributed by atoms with Crippen LogP contribution in [-0.4, -0.2) is 113 Å². The number of isocyanates is 2. The lowest BCUT2D eigenvalue weighted by atomic mass is 9.73. The lowest BCUT2D eigenvalue weighted by Gasteiger charge is -2.55. The fraction of sp³-hybridized carbons (Fsp3) is 0.846. The lowest BCUT2D eigenvalue weighted by molar-refractivity contribution is -0.314. The third-order valence-electron chi connectivity index (χ3n) is 14.8. The Kier molecular flexibility index (Phi) is 20.9. The molecule has 4 heterocycles. The zero-order chi connectivity index (χ0) is 50.0. The van der Waals surface area contributed by atoms with E-state index in [9.17, 15) is 9.59 Å². The number of hydrogen-bond donors (Lipinski definition) is 4. The van der Waals surface area contributed by atoms with Gasteiger partial charge in [0.2, 0.25) is 36.0 Å². The summed E-state index contributed by atoms with van der Waals surface area (Å²) < 4.78 is 0. The van der Waals surface area contributed by atoms with E-state index >= 15 is 0 Å². The number of piperidine rings is 2. The minimum absolute atomic E-state index is 0.0122. The van der Waals surface area contributed by atoms with Gasteiger partial charge < -0.3 is 21.3 Å². The first-order valence-corrected chi connectivity index (χ1v) is 27.1. The fourth-order valence-electron chi connectivity index (χ4n) is 12.3. The van der Waals surface area contributed by atoms with Gasteiger partial charge in [-0.3, -0.25) is 9.68 Å². The maximum absolute atomic E-state index is 11.1. The molecular weight excluding hydrogens is 885 g/mol. The van der Waals surface area contributed by atoms with Crippen molar-refractivity contribution in [3.05, 3.63) is 0 Å². The first kappa shape index (κ1) is 55.1. The van der Waals surface area contributed by atoms with Crippen LogP contribution in [0.25, 0.3) is 0 Å². The fourth-order valence-corrected chi connectivity index (χ4v) is 12.3. The predicted octanol–water partition coefficient (Wildman–Crippen LogP) is 11.3. The lowest BCUT2D eigenvalue weighted by Crippen LogP contribution is -2.61.